The topological polar surface area (TPSA) is 28.7 Å². The number of alkyl halides is 1. The van der Waals surface area contributed by atoms with Crippen molar-refractivity contribution in [1.29, 1.82) is 0 Å². The second kappa shape index (κ2) is 4.74. The van der Waals surface area contributed by atoms with Crippen LogP contribution in [0.5, 0.6) is 0 Å². The van der Waals surface area contributed by atoms with Gasteiger partial charge in [-0.25, -0.2) is 13.8 Å². The third-order valence-corrected chi connectivity index (χ3v) is 3.02. The summed E-state index contributed by atoms with van der Waals surface area (Å²) in [7, 11) is 0. The zero-order valence-corrected chi connectivity index (χ0v) is 9.84. The molecule has 1 aromatic carbocycles. The van der Waals surface area contributed by atoms with Crippen molar-refractivity contribution in [3.63, 3.8) is 0 Å². The Hall–Kier alpha value is -1.23. The lowest BCUT2D eigenvalue weighted by Gasteiger charge is -2.10. The molecular formula is C11H9BrF2N2. The molecule has 2 aromatic rings. The van der Waals surface area contributed by atoms with Gasteiger partial charge in [-0.1, -0.05) is 22.0 Å². The molecule has 1 aromatic heterocycles. The summed E-state index contributed by atoms with van der Waals surface area (Å²) in [6, 6.07) is 3.84. The van der Waals surface area contributed by atoms with Crippen molar-refractivity contribution in [2.75, 3.05) is 0 Å². The van der Waals surface area contributed by atoms with E-state index in [-0.39, 0.29) is 5.56 Å². The number of nitrogens with zero attached hydrogens (tertiary/aromatic N) is 1. The minimum atomic E-state index is -0.548. The van der Waals surface area contributed by atoms with Crippen LogP contribution >= 0.6 is 15.9 Å². The van der Waals surface area contributed by atoms with Crippen LogP contribution in [0.1, 0.15) is 16.2 Å². The first kappa shape index (κ1) is 11.3. The SMILES string of the molecule is Fc1cccc(F)c1C(Br)Cc1ncc[nH]1. The second-order valence-electron chi connectivity index (χ2n) is 3.34. The molecule has 0 saturated carbocycles. The maximum absolute atomic E-state index is 13.4. The van der Waals surface area contributed by atoms with E-state index in [0.29, 0.717) is 12.2 Å². The number of imidazole rings is 1. The first-order valence-corrected chi connectivity index (χ1v) is 5.66. The molecule has 1 N–H and O–H groups in total. The van der Waals surface area contributed by atoms with Gasteiger partial charge in [-0.3, -0.25) is 0 Å². The van der Waals surface area contributed by atoms with E-state index in [0.717, 1.165) is 0 Å². The summed E-state index contributed by atoms with van der Waals surface area (Å²) in [5.74, 6) is -0.411. The summed E-state index contributed by atoms with van der Waals surface area (Å²) in [5, 5.41) is 0. The first-order valence-electron chi connectivity index (χ1n) is 4.74. The predicted molar refractivity (Wildman–Crippen MR) is 60.3 cm³/mol. The molecule has 0 amide bonds. The highest BCUT2D eigenvalue weighted by molar-refractivity contribution is 9.09. The molecule has 0 aliphatic carbocycles. The minimum absolute atomic E-state index is 0.0406. The van der Waals surface area contributed by atoms with E-state index in [1.54, 1.807) is 12.4 Å². The van der Waals surface area contributed by atoms with Crippen LogP contribution in [0.4, 0.5) is 8.78 Å². The van der Waals surface area contributed by atoms with Crippen LogP contribution < -0.4 is 0 Å². The highest BCUT2D eigenvalue weighted by atomic mass is 79.9. The summed E-state index contributed by atoms with van der Waals surface area (Å²) < 4.78 is 26.9. The van der Waals surface area contributed by atoms with Crippen molar-refractivity contribution >= 4 is 15.9 Å². The average molecular weight is 287 g/mol. The molecule has 16 heavy (non-hydrogen) atoms. The third-order valence-electron chi connectivity index (χ3n) is 2.24. The Balaban J connectivity index is 2.24. The Kier molecular flexibility index (Phi) is 3.33. The number of aromatic amines is 1. The van der Waals surface area contributed by atoms with E-state index in [4.69, 9.17) is 0 Å². The fourth-order valence-electron chi connectivity index (χ4n) is 1.49. The molecule has 0 radical (unpaired) electrons. The summed E-state index contributed by atoms with van der Waals surface area (Å²) in [5.41, 5.74) is 0.0406. The molecular weight excluding hydrogens is 278 g/mol. The second-order valence-corrected chi connectivity index (χ2v) is 4.45. The lowest BCUT2D eigenvalue weighted by molar-refractivity contribution is 0.552. The van der Waals surface area contributed by atoms with Crippen LogP contribution in [0.15, 0.2) is 30.6 Å². The van der Waals surface area contributed by atoms with E-state index in [9.17, 15) is 8.78 Å². The van der Waals surface area contributed by atoms with Gasteiger partial charge in [-0.05, 0) is 12.1 Å². The Morgan fingerprint density at radius 1 is 1.31 bits per heavy atom. The van der Waals surface area contributed by atoms with Gasteiger partial charge in [0, 0.05) is 24.4 Å². The summed E-state index contributed by atoms with van der Waals surface area (Å²) in [6.07, 6.45) is 3.68. The van der Waals surface area contributed by atoms with Crippen LogP contribution in [0.25, 0.3) is 0 Å². The molecule has 0 aliphatic heterocycles. The summed E-state index contributed by atoms with van der Waals surface area (Å²) in [4.78, 5) is 6.47. The van der Waals surface area contributed by atoms with E-state index in [1.807, 2.05) is 0 Å². The predicted octanol–water partition coefficient (Wildman–Crippen LogP) is 3.37. The molecule has 0 bridgehead atoms. The van der Waals surface area contributed by atoms with Gasteiger partial charge >= 0.3 is 0 Å². The molecule has 2 rings (SSSR count). The van der Waals surface area contributed by atoms with E-state index >= 15 is 0 Å². The number of H-pyrrole nitrogens is 1. The van der Waals surface area contributed by atoms with Gasteiger partial charge in [0.25, 0.3) is 0 Å². The average Bonchev–Trinajstić information content (AvgIpc) is 2.70. The largest absolute Gasteiger partial charge is 0.349 e. The van der Waals surface area contributed by atoms with Crippen LogP contribution in [-0.4, -0.2) is 9.97 Å². The Morgan fingerprint density at radius 3 is 2.56 bits per heavy atom. The number of rotatable bonds is 3. The Morgan fingerprint density at radius 2 is 2.00 bits per heavy atom. The van der Waals surface area contributed by atoms with Gasteiger partial charge in [-0.2, -0.15) is 0 Å². The Labute approximate surface area is 99.8 Å². The van der Waals surface area contributed by atoms with Gasteiger partial charge in [0.05, 0.1) is 4.83 Å². The quantitative estimate of drug-likeness (QED) is 0.861. The molecule has 2 nitrogen and oxygen atoms in total. The number of aromatic nitrogens is 2. The maximum atomic E-state index is 13.4. The van der Waals surface area contributed by atoms with Crippen molar-refractivity contribution in [3.8, 4) is 0 Å². The standard InChI is InChI=1S/C11H9BrF2N2/c12-7(6-10-15-4-5-16-10)11-8(13)2-1-3-9(11)14/h1-5,7H,6H2,(H,15,16). The van der Waals surface area contributed by atoms with Gasteiger partial charge in [0.2, 0.25) is 0 Å². The van der Waals surface area contributed by atoms with Crippen LogP contribution in [0.3, 0.4) is 0 Å². The van der Waals surface area contributed by atoms with Crippen molar-refractivity contribution in [2.24, 2.45) is 0 Å². The molecule has 0 aliphatic rings. The van der Waals surface area contributed by atoms with Crippen molar-refractivity contribution < 1.29 is 8.78 Å². The van der Waals surface area contributed by atoms with E-state index in [1.165, 1.54) is 18.2 Å². The zero-order valence-electron chi connectivity index (χ0n) is 8.25. The molecule has 1 unspecified atom stereocenters. The monoisotopic (exact) mass is 286 g/mol. The van der Waals surface area contributed by atoms with Gasteiger partial charge in [0.15, 0.2) is 0 Å². The van der Waals surface area contributed by atoms with Crippen molar-refractivity contribution in [1.82, 2.24) is 9.97 Å². The number of nitrogens with one attached hydrogen (secondary N) is 1. The highest BCUT2D eigenvalue weighted by Crippen LogP contribution is 2.30. The first-order chi connectivity index (χ1) is 7.68. The molecule has 0 saturated heterocycles. The zero-order chi connectivity index (χ0) is 11.5. The van der Waals surface area contributed by atoms with Crippen LogP contribution in [0, 0.1) is 11.6 Å². The molecule has 0 fully saturated rings. The number of halogens is 3. The lowest BCUT2D eigenvalue weighted by atomic mass is 10.1. The molecule has 0 spiro atoms. The lowest BCUT2D eigenvalue weighted by Crippen LogP contribution is -2.03. The normalized spacial score (nSPS) is 12.7. The summed E-state index contributed by atoms with van der Waals surface area (Å²) >= 11 is 3.27. The van der Waals surface area contributed by atoms with Crippen molar-refractivity contribution in [2.45, 2.75) is 11.2 Å². The van der Waals surface area contributed by atoms with E-state index < -0.39 is 16.5 Å². The van der Waals surface area contributed by atoms with Gasteiger partial charge < -0.3 is 4.98 Å². The Bertz CT molecular complexity index is 451. The minimum Gasteiger partial charge on any atom is -0.349 e. The van der Waals surface area contributed by atoms with Crippen molar-refractivity contribution in [3.05, 3.63) is 53.6 Å². The number of hydrogen-bond donors (Lipinski definition) is 1. The van der Waals surface area contributed by atoms with E-state index in [2.05, 4.69) is 25.9 Å². The van der Waals surface area contributed by atoms with Gasteiger partial charge in [0.1, 0.15) is 17.5 Å². The van der Waals surface area contributed by atoms with Gasteiger partial charge in [-0.15, -0.1) is 0 Å². The number of hydrogen-bond acceptors (Lipinski definition) is 1. The smallest absolute Gasteiger partial charge is 0.130 e. The number of benzene rings is 1. The third kappa shape index (κ3) is 2.29. The summed E-state index contributed by atoms with van der Waals surface area (Å²) in [6.45, 7) is 0. The fourth-order valence-corrected chi connectivity index (χ4v) is 2.24. The molecule has 84 valence electrons. The van der Waals surface area contributed by atoms with Crippen LogP contribution in [-0.2, 0) is 6.42 Å². The fraction of sp³-hybridized carbons (Fsp3) is 0.182. The maximum Gasteiger partial charge on any atom is 0.130 e. The molecule has 1 heterocycles. The molecule has 1 atom stereocenters. The van der Waals surface area contributed by atoms with Crippen LogP contribution in [0.2, 0.25) is 0 Å². The highest BCUT2D eigenvalue weighted by Gasteiger charge is 2.18. The molecule has 5 heteroatoms.